The van der Waals surface area contributed by atoms with Crippen molar-refractivity contribution in [1.82, 2.24) is 9.97 Å². The maximum absolute atomic E-state index is 4.65. The van der Waals surface area contributed by atoms with Crippen LogP contribution >= 0.6 is 0 Å². The molecule has 26 heavy (non-hydrogen) atoms. The second-order valence-corrected chi connectivity index (χ2v) is 7.04. The summed E-state index contributed by atoms with van der Waals surface area (Å²) in [5.41, 5.74) is 3.57. The fraction of sp³-hybridized carbons (Fsp3) is 0.524. The van der Waals surface area contributed by atoms with E-state index in [0.29, 0.717) is 6.04 Å². The van der Waals surface area contributed by atoms with Crippen LogP contribution in [-0.2, 0) is 0 Å². The SMILES string of the molecule is CCN(CC)c1ccc(Nc2ccnc(NC3CCCCC3)n2)c(C)c1. The van der Waals surface area contributed by atoms with Gasteiger partial charge < -0.3 is 15.5 Å². The Balaban J connectivity index is 1.69. The average molecular weight is 354 g/mol. The van der Waals surface area contributed by atoms with Crippen molar-refractivity contribution in [1.29, 1.82) is 0 Å². The molecule has 0 saturated heterocycles. The van der Waals surface area contributed by atoms with Gasteiger partial charge in [-0.3, -0.25) is 0 Å². The maximum Gasteiger partial charge on any atom is 0.224 e. The number of rotatable bonds is 7. The van der Waals surface area contributed by atoms with E-state index in [-0.39, 0.29) is 0 Å². The summed E-state index contributed by atoms with van der Waals surface area (Å²) in [5.74, 6) is 1.55. The third kappa shape index (κ3) is 4.65. The molecule has 0 spiro atoms. The summed E-state index contributed by atoms with van der Waals surface area (Å²) in [4.78, 5) is 11.4. The summed E-state index contributed by atoms with van der Waals surface area (Å²) in [6.45, 7) is 8.55. The third-order valence-corrected chi connectivity index (χ3v) is 5.20. The minimum absolute atomic E-state index is 0.508. The lowest BCUT2D eigenvalue weighted by atomic mass is 9.96. The van der Waals surface area contributed by atoms with Gasteiger partial charge in [0, 0.05) is 36.7 Å². The Morgan fingerprint density at radius 2 is 1.85 bits per heavy atom. The van der Waals surface area contributed by atoms with Crippen molar-refractivity contribution in [3.63, 3.8) is 0 Å². The van der Waals surface area contributed by atoms with E-state index < -0.39 is 0 Å². The largest absolute Gasteiger partial charge is 0.372 e. The van der Waals surface area contributed by atoms with E-state index in [1.165, 1.54) is 43.4 Å². The fourth-order valence-electron chi connectivity index (χ4n) is 3.64. The molecule has 3 rings (SSSR count). The highest BCUT2D eigenvalue weighted by Crippen LogP contribution is 2.25. The zero-order valence-electron chi connectivity index (χ0n) is 16.3. The van der Waals surface area contributed by atoms with Crippen LogP contribution in [-0.4, -0.2) is 29.1 Å². The molecule has 0 bridgehead atoms. The first-order valence-electron chi connectivity index (χ1n) is 9.91. The highest BCUT2D eigenvalue weighted by atomic mass is 15.2. The molecule has 1 fully saturated rings. The van der Waals surface area contributed by atoms with Gasteiger partial charge in [-0.2, -0.15) is 4.98 Å². The van der Waals surface area contributed by atoms with Crippen molar-refractivity contribution in [2.45, 2.75) is 58.9 Å². The van der Waals surface area contributed by atoms with E-state index in [1.54, 1.807) is 0 Å². The maximum atomic E-state index is 4.65. The smallest absolute Gasteiger partial charge is 0.224 e. The van der Waals surface area contributed by atoms with Gasteiger partial charge in [-0.25, -0.2) is 4.98 Å². The van der Waals surface area contributed by atoms with E-state index in [4.69, 9.17) is 0 Å². The first-order chi connectivity index (χ1) is 12.7. The van der Waals surface area contributed by atoms with Crippen molar-refractivity contribution in [2.24, 2.45) is 0 Å². The zero-order chi connectivity index (χ0) is 18.4. The molecule has 5 heteroatoms. The molecule has 0 radical (unpaired) electrons. The number of aryl methyl sites for hydroxylation is 1. The number of nitrogens with zero attached hydrogens (tertiary/aromatic N) is 3. The number of anilines is 4. The van der Waals surface area contributed by atoms with Gasteiger partial charge in [0.15, 0.2) is 0 Å². The van der Waals surface area contributed by atoms with Gasteiger partial charge in [0.05, 0.1) is 0 Å². The summed E-state index contributed by atoms with van der Waals surface area (Å²) < 4.78 is 0. The molecule has 1 aromatic heterocycles. The normalized spacial score (nSPS) is 14.9. The summed E-state index contributed by atoms with van der Waals surface area (Å²) in [5, 5.41) is 6.93. The molecular formula is C21H31N5. The Morgan fingerprint density at radius 3 is 2.54 bits per heavy atom. The molecule has 0 amide bonds. The monoisotopic (exact) mass is 353 g/mol. The lowest BCUT2D eigenvalue weighted by Gasteiger charge is -2.23. The molecule has 1 aliphatic carbocycles. The van der Waals surface area contributed by atoms with E-state index in [1.807, 2.05) is 12.3 Å². The Kier molecular flexibility index (Phi) is 6.31. The number of nitrogens with one attached hydrogen (secondary N) is 2. The average Bonchev–Trinajstić information content (AvgIpc) is 2.66. The number of benzene rings is 1. The second kappa shape index (κ2) is 8.88. The predicted octanol–water partition coefficient (Wildman–Crippen LogP) is 5.12. The highest BCUT2D eigenvalue weighted by molar-refractivity contribution is 5.65. The van der Waals surface area contributed by atoms with E-state index in [0.717, 1.165) is 30.5 Å². The van der Waals surface area contributed by atoms with Gasteiger partial charge in [-0.05, 0) is 63.4 Å². The molecule has 0 aliphatic heterocycles. The molecule has 2 N–H and O–H groups in total. The van der Waals surface area contributed by atoms with E-state index >= 15 is 0 Å². The molecule has 1 saturated carbocycles. The van der Waals surface area contributed by atoms with E-state index in [2.05, 4.69) is 64.5 Å². The third-order valence-electron chi connectivity index (χ3n) is 5.20. The molecule has 2 aromatic rings. The van der Waals surface area contributed by atoms with Crippen molar-refractivity contribution < 1.29 is 0 Å². The van der Waals surface area contributed by atoms with Crippen LogP contribution in [0.3, 0.4) is 0 Å². The number of hydrogen-bond acceptors (Lipinski definition) is 5. The molecule has 0 unspecified atom stereocenters. The summed E-state index contributed by atoms with van der Waals surface area (Å²) >= 11 is 0. The summed E-state index contributed by atoms with van der Waals surface area (Å²) in [6, 6.07) is 8.97. The molecular weight excluding hydrogens is 322 g/mol. The molecule has 5 nitrogen and oxygen atoms in total. The molecule has 0 atom stereocenters. The van der Waals surface area contributed by atoms with Crippen LogP contribution in [0, 0.1) is 6.92 Å². The van der Waals surface area contributed by atoms with Crippen LogP contribution < -0.4 is 15.5 Å². The van der Waals surface area contributed by atoms with Gasteiger partial charge in [-0.1, -0.05) is 19.3 Å². The Labute approximate surface area is 157 Å². The zero-order valence-corrected chi connectivity index (χ0v) is 16.3. The standard InChI is InChI=1S/C21H31N5/c1-4-26(5-2)18-11-12-19(16(3)15-18)24-20-13-14-22-21(25-20)23-17-9-7-6-8-10-17/h11-15,17H,4-10H2,1-3H3,(H2,22,23,24,25). The lowest BCUT2D eigenvalue weighted by molar-refractivity contribution is 0.461. The molecule has 140 valence electrons. The topological polar surface area (TPSA) is 53.1 Å². The van der Waals surface area contributed by atoms with Crippen molar-refractivity contribution in [2.75, 3.05) is 28.6 Å². The Morgan fingerprint density at radius 1 is 1.08 bits per heavy atom. The van der Waals surface area contributed by atoms with Crippen LogP contribution in [0.25, 0.3) is 0 Å². The molecule has 1 aromatic carbocycles. The lowest BCUT2D eigenvalue weighted by Crippen LogP contribution is -2.23. The summed E-state index contributed by atoms with van der Waals surface area (Å²) in [6.07, 6.45) is 8.20. The van der Waals surface area contributed by atoms with Crippen molar-refractivity contribution >= 4 is 23.1 Å². The second-order valence-electron chi connectivity index (χ2n) is 7.04. The minimum atomic E-state index is 0.508. The van der Waals surface area contributed by atoms with Crippen LogP contribution in [0.15, 0.2) is 30.5 Å². The fourth-order valence-corrected chi connectivity index (χ4v) is 3.64. The number of hydrogen-bond donors (Lipinski definition) is 2. The van der Waals surface area contributed by atoms with E-state index in [9.17, 15) is 0 Å². The Hall–Kier alpha value is -2.30. The quantitative estimate of drug-likeness (QED) is 0.723. The van der Waals surface area contributed by atoms with Crippen molar-refractivity contribution in [3.8, 4) is 0 Å². The molecule has 1 heterocycles. The first kappa shape index (κ1) is 18.5. The highest BCUT2D eigenvalue weighted by Gasteiger charge is 2.14. The van der Waals surface area contributed by atoms with Crippen molar-refractivity contribution in [3.05, 3.63) is 36.0 Å². The number of aromatic nitrogens is 2. The van der Waals surface area contributed by atoms with Gasteiger partial charge >= 0.3 is 0 Å². The van der Waals surface area contributed by atoms with Crippen LogP contribution in [0.5, 0.6) is 0 Å². The molecule has 1 aliphatic rings. The minimum Gasteiger partial charge on any atom is -0.372 e. The predicted molar refractivity (Wildman–Crippen MR) is 111 cm³/mol. The van der Waals surface area contributed by atoms with Crippen LogP contribution in [0.4, 0.5) is 23.1 Å². The van der Waals surface area contributed by atoms with Crippen LogP contribution in [0.2, 0.25) is 0 Å². The Bertz CT molecular complexity index is 705. The van der Waals surface area contributed by atoms with Crippen LogP contribution in [0.1, 0.15) is 51.5 Å². The summed E-state index contributed by atoms with van der Waals surface area (Å²) in [7, 11) is 0. The van der Waals surface area contributed by atoms with Gasteiger partial charge in [0.2, 0.25) is 5.95 Å². The van der Waals surface area contributed by atoms with Gasteiger partial charge in [0.25, 0.3) is 0 Å². The van der Waals surface area contributed by atoms with Gasteiger partial charge in [-0.15, -0.1) is 0 Å². The first-order valence-corrected chi connectivity index (χ1v) is 9.91. The van der Waals surface area contributed by atoms with Gasteiger partial charge in [0.1, 0.15) is 5.82 Å².